The molecule has 2 N–H and O–H groups in total. The zero-order valence-corrected chi connectivity index (χ0v) is 16.8. The quantitative estimate of drug-likeness (QED) is 0.545. The standard InChI is InChI=1S/C20H35N5O/c1-5-24-9-11-25(12-10-24)16-17(2)14-22-20(21-3)23-15-18-7-6-8-19(13-18)26-4/h6-8,13,17H,5,9-12,14-16H2,1-4H3,(H2,21,22,23). The number of methoxy groups -OCH3 is 1. The molecule has 146 valence electrons. The van der Waals surface area contributed by atoms with Crippen LogP contribution in [0.15, 0.2) is 29.3 Å². The van der Waals surface area contributed by atoms with E-state index >= 15 is 0 Å². The fourth-order valence-electron chi connectivity index (χ4n) is 3.25. The minimum absolute atomic E-state index is 0.582. The molecule has 2 rings (SSSR count). The Bertz CT molecular complexity index is 555. The lowest BCUT2D eigenvalue weighted by molar-refractivity contribution is 0.124. The van der Waals surface area contributed by atoms with Crippen molar-refractivity contribution in [3.8, 4) is 5.75 Å². The van der Waals surface area contributed by atoms with Crippen molar-refractivity contribution in [2.45, 2.75) is 20.4 Å². The van der Waals surface area contributed by atoms with Crippen LogP contribution in [0.3, 0.4) is 0 Å². The van der Waals surface area contributed by atoms with Crippen LogP contribution in [0, 0.1) is 5.92 Å². The van der Waals surface area contributed by atoms with Gasteiger partial charge in [0.1, 0.15) is 5.75 Å². The first-order valence-corrected chi connectivity index (χ1v) is 9.66. The molecule has 0 aromatic heterocycles. The van der Waals surface area contributed by atoms with Crippen molar-refractivity contribution >= 4 is 5.96 Å². The Balaban J connectivity index is 1.69. The molecule has 1 aromatic carbocycles. The summed E-state index contributed by atoms with van der Waals surface area (Å²) >= 11 is 0. The average molecular weight is 362 g/mol. The first-order chi connectivity index (χ1) is 12.6. The highest BCUT2D eigenvalue weighted by molar-refractivity contribution is 5.79. The van der Waals surface area contributed by atoms with Gasteiger partial charge in [-0.2, -0.15) is 0 Å². The van der Waals surface area contributed by atoms with Gasteiger partial charge >= 0.3 is 0 Å². The summed E-state index contributed by atoms with van der Waals surface area (Å²) in [6.07, 6.45) is 0. The van der Waals surface area contributed by atoms with Gasteiger partial charge < -0.3 is 25.2 Å². The SMILES string of the molecule is CCN1CCN(CC(C)CNC(=NC)NCc2cccc(OC)c2)CC1. The minimum atomic E-state index is 0.582. The number of nitrogens with one attached hydrogen (secondary N) is 2. The molecule has 1 fully saturated rings. The number of ether oxygens (including phenoxy) is 1. The zero-order valence-electron chi connectivity index (χ0n) is 16.8. The average Bonchev–Trinajstić information content (AvgIpc) is 2.69. The van der Waals surface area contributed by atoms with Gasteiger partial charge in [-0.1, -0.05) is 26.0 Å². The third-order valence-electron chi connectivity index (χ3n) is 4.92. The van der Waals surface area contributed by atoms with Crippen molar-refractivity contribution < 1.29 is 4.74 Å². The second-order valence-corrected chi connectivity index (χ2v) is 7.00. The molecule has 1 aliphatic rings. The molecule has 0 spiro atoms. The molecular formula is C20H35N5O. The molecule has 6 heteroatoms. The van der Waals surface area contributed by atoms with Gasteiger partial charge in [-0.05, 0) is 30.2 Å². The predicted octanol–water partition coefficient (Wildman–Crippen LogP) is 1.63. The van der Waals surface area contributed by atoms with Gasteiger partial charge in [-0.15, -0.1) is 0 Å². The maximum atomic E-state index is 5.27. The normalized spacial score (nSPS) is 17.8. The number of rotatable bonds is 8. The van der Waals surface area contributed by atoms with Gasteiger partial charge in [0.2, 0.25) is 0 Å². The van der Waals surface area contributed by atoms with Crippen molar-refractivity contribution in [2.24, 2.45) is 10.9 Å². The molecule has 0 bridgehead atoms. The molecule has 1 saturated heterocycles. The Labute approximate surface area is 158 Å². The molecule has 1 atom stereocenters. The molecular weight excluding hydrogens is 326 g/mol. The predicted molar refractivity (Wildman–Crippen MR) is 109 cm³/mol. The van der Waals surface area contributed by atoms with E-state index in [1.54, 1.807) is 7.11 Å². The van der Waals surface area contributed by atoms with E-state index in [1.807, 2.05) is 25.2 Å². The van der Waals surface area contributed by atoms with Crippen molar-refractivity contribution in [1.82, 2.24) is 20.4 Å². The third kappa shape index (κ3) is 6.84. The van der Waals surface area contributed by atoms with E-state index in [-0.39, 0.29) is 0 Å². The van der Waals surface area contributed by atoms with E-state index < -0.39 is 0 Å². The van der Waals surface area contributed by atoms with Crippen LogP contribution in [0.25, 0.3) is 0 Å². The van der Waals surface area contributed by atoms with E-state index in [0.29, 0.717) is 5.92 Å². The van der Waals surface area contributed by atoms with E-state index in [9.17, 15) is 0 Å². The third-order valence-corrected chi connectivity index (χ3v) is 4.92. The molecule has 1 aromatic rings. The zero-order chi connectivity index (χ0) is 18.8. The summed E-state index contributed by atoms with van der Waals surface area (Å²) in [7, 11) is 3.51. The van der Waals surface area contributed by atoms with Crippen LogP contribution in [0.2, 0.25) is 0 Å². The Morgan fingerprint density at radius 3 is 2.58 bits per heavy atom. The number of guanidine groups is 1. The maximum absolute atomic E-state index is 5.27. The van der Waals surface area contributed by atoms with Gasteiger partial charge in [-0.3, -0.25) is 4.99 Å². The highest BCUT2D eigenvalue weighted by atomic mass is 16.5. The van der Waals surface area contributed by atoms with Crippen LogP contribution < -0.4 is 15.4 Å². The second kappa shape index (κ2) is 11.0. The lowest BCUT2D eigenvalue weighted by Crippen LogP contribution is -2.48. The number of likely N-dealkylation sites (N-methyl/N-ethyl adjacent to an activating group) is 1. The fraction of sp³-hybridized carbons (Fsp3) is 0.650. The molecule has 6 nitrogen and oxygen atoms in total. The largest absolute Gasteiger partial charge is 0.497 e. The summed E-state index contributed by atoms with van der Waals surface area (Å²) in [5, 5.41) is 6.82. The summed E-state index contributed by atoms with van der Waals surface area (Å²) in [4.78, 5) is 9.42. The summed E-state index contributed by atoms with van der Waals surface area (Å²) in [6, 6.07) is 8.09. The summed E-state index contributed by atoms with van der Waals surface area (Å²) in [5.74, 6) is 2.30. The second-order valence-electron chi connectivity index (χ2n) is 7.00. The Morgan fingerprint density at radius 1 is 1.19 bits per heavy atom. The van der Waals surface area contributed by atoms with Crippen LogP contribution in [0.4, 0.5) is 0 Å². The van der Waals surface area contributed by atoms with Gasteiger partial charge in [0.15, 0.2) is 5.96 Å². The summed E-state index contributed by atoms with van der Waals surface area (Å²) in [5.41, 5.74) is 1.18. The monoisotopic (exact) mass is 361 g/mol. The lowest BCUT2D eigenvalue weighted by atomic mass is 10.1. The van der Waals surface area contributed by atoms with Gasteiger partial charge in [0, 0.05) is 52.9 Å². The van der Waals surface area contributed by atoms with E-state index in [0.717, 1.165) is 31.3 Å². The van der Waals surface area contributed by atoms with Crippen molar-refractivity contribution in [1.29, 1.82) is 0 Å². The number of hydrogen-bond donors (Lipinski definition) is 2. The first kappa shape index (κ1) is 20.5. The lowest BCUT2D eigenvalue weighted by Gasteiger charge is -2.35. The number of benzene rings is 1. The van der Waals surface area contributed by atoms with E-state index in [2.05, 4.69) is 45.3 Å². The molecule has 0 amide bonds. The van der Waals surface area contributed by atoms with Crippen LogP contribution in [-0.2, 0) is 6.54 Å². The van der Waals surface area contributed by atoms with Crippen LogP contribution >= 0.6 is 0 Å². The molecule has 26 heavy (non-hydrogen) atoms. The first-order valence-electron chi connectivity index (χ1n) is 9.66. The molecule has 1 heterocycles. The Hall–Kier alpha value is -1.79. The van der Waals surface area contributed by atoms with Crippen LogP contribution in [-0.4, -0.2) is 75.7 Å². The van der Waals surface area contributed by atoms with E-state index in [1.165, 1.54) is 38.3 Å². The molecule has 0 saturated carbocycles. The van der Waals surface area contributed by atoms with Crippen molar-refractivity contribution in [3.63, 3.8) is 0 Å². The molecule has 0 radical (unpaired) electrons. The highest BCUT2D eigenvalue weighted by Gasteiger charge is 2.17. The topological polar surface area (TPSA) is 52.1 Å². The summed E-state index contributed by atoms with van der Waals surface area (Å²) in [6.45, 7) is 13.2. The molecule has 1 aliphatic heterocycles. The maximum Gasteiger partial charge on any atom is 0.191 e. The smallest absolute Gasteiger partial charge is 0.191 e. The molecule has 1 unspecified atom stereocenters. The van der Waals surface area contributed by atoms with Gasteiger partial charge in [0.05, 0.1) is 7.11 Å². The minimum Gasteiger partial charge on any atom is -0.497 e. The van der Waals surface area contributed by atoms with E-state index in [4.69, 9.17) is 4.74 Å². The van der Waals surface area contributed by atoms with Crippen molar-refractivity contribution in [3.05, 3.63) is 29.8 Å². The number of piperazine rings is 1. The number of aliphatic imine (C=N–C) groups is 1. The Morgan fingerprint density at radius 2 is 1.92 bits per heavy atom. The van der Waals surface area contributed by atoms with Crippen molar-refractivity contribution in [2.75, 3.05) is 60.0 Å². The number of hydrogen-bond acceptors (Lipinski definition) is 4. The van der Waals surface area contributed by atoms with Gasteiger partial charge in [-0.25, -0.2) is 0 Å². The highest BCUT2D eigenvalue weighted by Crippen LogP contribution is 2.12. The fourth-order valence-corrected chi connectivity index (χ4v) is 3.25. The van der Waals surface area contributed by atoms with Crippen LogP contribution in [0.1, 0.15) is 19.4 Å². The Kier molecular flexibility index (Phi) is 8.71. The molecule has 0 aliphatic carbocycles. The van der Waals surface area contributed by atoms with Gasteiger partial charge in [0.25, 0.3) is 0 Å². The summed E-state index contributed by atoms with van der Waals surface area (Å²) < 4.78 is 5.27. The number of nitrogens with zero attached hydrogens (tertiary/aromatic N) is 3. The van der Waals surface area contributed by atoms with Crippen LogP contribution in [0.5, 0.6) is 5.75 Å².